The molecule has 0 saturated heterocycles. The monoisotopic (exact) mass is 485 g/mol. The van der Waals surface area contributed by atoms with Crippen molar-refractivity contribution >= 4 is 45.0 Å². The standard InChI is InChI=1S/C21H25Cl2N3O4S/c1-4-19(21(28)24-2)26(13-15-5-7-16(22)8-6-15)20(27)14-25(3)31(29,30)18-11-9-17(23)10-12-18/h5-12,19H,4,13-14H2,1-3H3,(H,24,28)/t19-/m1/s1. The fraction of sp³-hybridized carbons (Fsp3) is 0.333. The van der Waals surface area contributed by atoms with Gasteiger partial charge in [-0.3, -0.25) is 9.59 Å². The van der Waals surface area contributed by atoms with E-state index >= 15 is 0 Å². The Labute approximate surface area is 193 Å². The molecule has 0 spiro atoms. The van der Waals surface area contributed by atoms with Crippen LogP contribution < -0.4 is 5.32 Å². The first-order chi connectivity index (χ1) is 14.6. The summed E-state index contributed by atoms with van der Waals surface area (Å²) < 4.78 is 26.7. The molecule has 0 aromatic heterocycles. The van der Waals surface area contributed by atoms with E-state index in [4.69, 9.17) is 23.2 Å². The first-order valence-corrected chi connectivity index (χ1v) is 11.8. The Balaban J connectivity index is 2.29. The van der Waals surface area contributed by atoms with Crippen LogP contribution in [0.4, 0.5) is 0 Å². The van der Waals surface area contributed by atoms with Gasteiger partial charge >= 0.3 is 0 Å². The van der Waals surface area contributed by atoms with Crippen molar-refractivity contribution in [3.05, 3.63) is 64.1 Å². The molecule has 1 N–H and O–H groups in total. The lowest BCUT2D eigenvalue weighted by Crippen LogP contribution is -2.51. The average molecular weight is 486 g/mol. The van der Waals surface area contributed by atoms with Gasteiger partial charge in [0, 0.05) is 30.7 Å². The first kappa shape index (κ1) is 25.1. The lowest BCUT2D eigenvalue weighted by atomic mass is 10.1. The van der Waals surface area contributed by atoms with E-state index in [9.17, 15) is 18.0 Å². The number of carbonyl (C=O) groups excluding carboxylic acids is 2. The number of amides is 2. The van der Waals surface area contributed by atoms with Crippen LogP contribution in [0.25, 0.3) is 0 Å². The molecule has 2 aromatic rings. The minimum Gasteiger partial charge on any atom is -0.357 e. The van der Waals surface area contributed by atoms with E-state index in [0.717, 1.165) is 9.87 Å². The lowest BCUT2D eigenvalue weighted by Gasteiger charge is -2.31. The number of likely N-dealkylation sites (N-methyl/N-ethyl adjacent to an activating group) is 2. The van der Waals surface area contributed by atoms with Gasteiger partial charge in [-0.1, -0.05) is 42.3 Å². The summed E-state index contributed by atoms with van der Waals surface area (Å²) >= 11 is 11.8. The summed E-state index contributed by atoms with van der Waals surface area (Å²) in [6.07, 6.45) is 0.368. The highest BCUT2D eigenvalue weighted by atomic mass is 35.5. The van der Waals surface area contributed by atoms with Gasteiger partial charge in [-0.05, 0) is 48.4 Å². The summed E-state index contributed by atoms with van der Waals surface area (Å²) in [5, 5.41) is 3.52. The van der Waals surface area contributed by atoms with Crippen molar-refractivity contribution in [1.82, 2.24) is 14.5 Å². The number of hydrogen-bond donors (Lipinski definition) is 1. The number of rotatable bonds is 9. The highest BCUT2D eigenvalue weighted by Crippen LogP contribution is 2.19. The molecule has 10 heteroatoms. The van der Waals surface area contributed by atoms with Crippen LogP contribution in [-0.2, 0) is 26.2 Å². The Kier molecular flexibility index (Phi) is 8.88. The van der Waals surface area contributed by atoms with Crippen LogP contribution in [0.3, 0.4) is 0 Å². The van der Waals surface area contributed by atoms with Crippen LogP contribution in [0.5, 0.6) is 0 Å². The van der Waals surface area contributed by atoms with E-state index in [1.165, 1.54) is 43.3 Å². The quantitative estimate of drug-likeness (QED) is 0.590. The maximum Gasteiger partial charge on any atom is 0.243 e. The van der Waals surface area contributed by atoms with E-state index < -0.39 is 28.5 Å². The van der Waals surface area contributed by atoms with Crippen LogP contribution in [0.1, 0.15) is 18.9 Å². The lowest BCUT2D eigenvalue weighted by molar-refractivity contribution is -0.141. The highest BCUT2D eigenvalue weighted by Gasteiger charge is 2.31. The van der Waals surface area contributed by atoms with E-state index in [1.54, 1.807) is 31.2 Å². The fourth-order valence-corrected chi connectivity index (χ4v) is 4.40. The van der Waals surface area contributed by atoms with Gasteiger partial charge in [0.1, 0.15) is 6.04 Å². The highest BCUT2D eigenvalue weighted by molar-refractivity contribution is 7.89. The molecule has 0 aliphatic rings. The molecule has 2 rings (SSSR count). The average Bonchev–Trinajstić information content (AvgIpc) is 2.74. The van der Waals surface area contributed by atoms with Gasteiger partial charge in [0.2, 0.25) is 21.8 Å². The predicted molar refractivity (Wildman–Crippen MR) is 121 cm³/mol. The third-order valence-electron chi connectivity index (χ3n) is 4.78. The molecule has 2 amide bonds. The molecule has 0 aliphatic heterocycles. The van der Waals surface area contributed by atoms with Crippen LogP contribution >= 0.6 is 23.2 Å². The molecular formula is C21H25Cl2N3O4S. The molecule has 31 heavy (non-hydrogen) atoms. The van der Waals surface area contributed by atoms with Crippen molar-refractivity contribution in [1.29, 1.82) is 0 Å². The Bertz CT molecular complexity index is 1010. The van der Waals surface area contributed by atoms with E-state index in [0.29, 0.717) is 16.5 Å². The third-order valence-corrected chi connectivity index (χ3v) is 7.10. The van der Waals surface area contributed by atoms with Gasteiger partial charge in [-0.15, -0.1) is 0 Å². The minimum absolute atomic E-state index is 0.0230. The van der Waals surface area contributed by atoms with Gasteiger partial charge in [0.05, 0.1) is 11.4 Å². The smallest absolute Gasteiger partial charge is 0.243 e. The first-order valence-electron chi connectivity index (χ1n) is 9.57. The summed E-state index contributed by atoms with van der Waals surface area (Å²) in [5.74, 6) is -0.821. The zero-order valence-electron chi connectivity index (χ0n) is 17.5. The second-order valence-electron chi connectivity index (χ2n) is 6.90. The van der Waals surface area contributed by atoms with E-state index in [1.807, 2.05) is 0 Å². The second-order valence-corrected chi connectivity index (χ2v) is 9.82. The maximum atomic E-state index is 13.2. The molecule has 0 heterocycles. The molecule has 0 fully saturated rings. The number of nitrogens with zero attached hydrogens (tertiary/aromatic N) is 2. The number of nitrogens with one attached hydrogen (secondary N) is 1. The molecule has 0 saturated carbocycles. The third kappa shape index (κ3) is 6.43. The molecular weight excluding hydrogens is 461 g/mol. The van der Waals surface area contributed by atoms with Crippen LogP contribution in [0.2, 0.25) is 10.0 Å². The fourth-order valence-electron chi connectivity index (χ4n) is 3.03. The molecule has 1 atom stereocenters. The van der Waals surface area contributed by atoms with Crippen molar-refractivity contribution in [3.63, 3.8) is 0 Å². The second kappa shape index (κ2) is 10.9. The zero-order chi connectivity index (χ0) is 23.2. The number of benzene rings is 2. The van der Waals surface area contributed by atoms with Crippen LogP contribution in [-0.4, -0.2) is 56.1 Å². The molecule has 0 aliphatic carbocycles. The Morgan fingerprint density at radius 3 is 2.00 bits per heavy atom. The Hall–Kier alpha value is -2.13. The normalized spacial score (nSPS) is 12.5. The van der Waals surface area contributed by atoms with Crippen molar-refractivity contribution in [2.24, 2.45) is 0 Å². The number of carbonyl (C=O) groups is 2. The van der Waals surface area contributed by atoms with Crippen LogP contribution in [0.15, 0.2) is 53.4 Å². The molecule has 0 unspecified atom stereocenters. The van der Waals surface area contributed by atoms with Gasteiger partial charge in [-0.25, -0.2) is 8.42 Å². The molecule has 0 radical (unpaired) electrons. The SMILES string of the molecule is CC[C@H](C(=O)NC)N(Cc1ccc(Cl)cc1)C(=O)CN(C)S(=O)(=O)c1ccc(Cl)cc1. The van der Waals surface area contributed by atoms with Gasteiger partial charge < -0.3 is 10.2 Å². The maximum absolute atomic E-state index is 13.2. The summed E-state index contributed by atoms with van der Waals surface area (Å²) in [6.45, 7) is 1.50. The molecule has 7 nitrogen and oxygen atoms in total. The van der Waals surface area contributed by atoms with Crippen molar-refractivity contribution in [2.75, 3.05) is 20.6 Å². The summed E-state index contributed by atoms with van der Waals surface area (Å²) in [7, 11) is -1.10. The van der Waals surface area contributed by atoms with E-state index in [-0.39, 0.29) is 17.3 Å². The molecule has 168 valence electrons. The number of hydrogen-bond acceptors (Lipinski definition) is 4. The Morgan fingerprint density at radius 1 is 1.00 bits per heavy atom. The van der Waals surface area contributed by atoms with Gasteiger partial charge in [0.25, 0.3) is 0 Å². The van der Waals surface area contributed by atoms with Gasteiger partial charge in [-0.2, -0.15) is 4.31 Å². The topological polar surface area (TPSA) is 86.8 Å². The number of sulfonamides is 1. The van der Waals surface area contributed by atoms with E-state index in [2.05, 4.69) is 5.32 Å². The predicted octanol–water partition coefficient (Wildman–Crippen LogP) is 3.17. The van der Waals surface area contributed by atoms with Gasteiger partial charge in [0.15, 0.2) is 0 Å². The summed E-state index contributed by atoms with van der Waals surface area (Å²) in [5.41, 5.74) is 0.767. The summed E-state index contributed by atoms with van der Waals surface area (Å²) in [4.78, 5) is 27.0. The summed E-state index contributed by atoms with van der Waals surface area (Å²) in [6, 6.07) is 11.8. The largest absolute Gasteiger partial charge is 0.357 e. The van der Waals surface area contributed by atoms with Crippen molar-refractivity contribution < 1.29 is 18.0 Å². The Morgan fingerprint density at radius 2 is 1.52 bits per heavy atom. The molecule has 2 aromatic carbocycles. The van der Waals surface area contributed by atoms with Crippen LogP contribution in [0, 0.1) is 0 Å². The number of halogens is 2. The van der Waals surface area contributed by atoms with Crippen molar-refractivity contribution in [3.8, 4) is 0 Å². The molecule has 0 bridgehead atoms. The minimum atomic E-state index is -3.91. The zero-order valence-corrected chi connectivity index (χ0v) is 19.8. The van der Waals surface area contributed by atoms with Crippen molar-refractivity contribution in [2.45, 2.75) is 30.8 Å².